The first kappa shape index (κ1) is 14.5. The molecule has 2 rings (SSSR count). The van der Waals surface area contributed by atoms with Gasteiger partial charge in [0.05, 0.1) is 16.5 Å². The molecule has 0 amide bonds. The fraction of sp³-hybridized carbons (Fsp3) is 0.462. The molecule has 19 heavy (non-hydrogen) atoms. The fourth-order valence-corrected chi connectivity index (χ4v) is 4.37. The summed E-state index contributed by atoms with van der Waals surface area (Å²) in [5.74, 6) is -0.353. The van der Waals surface area contributed by atoms with Gasteiger partial charge >= 0.3 is 0 Å². The molecule has 1 fully saturated rings. The molecule has 0 bridgehead atoms. The van der Waals surface area contributed by atoms with Crippen LogP contribution in [0.4, 0.5) is 4.39 Å². The lowest BCUT2D eigenvalue weighted by molar-refractivity contribution is -0.119. The van der Waals surface area contributed by atoms with E-state index in [1.165, 1.54) is 18.2 Å². The zero-order valence-electron chi connectivity index (χ0n) is 10.2. The van der Waals surface area contributed by atoms with Crippen molar-refractivity contribution in [1.29, 1.82) is 0 Å². The molecule has 104 valence electrons. The molecular weight excluding hydrogens is 291 g/mol. The Balaban J connectivity index is 1.93. The van der Waals surface area contributed by atoms with Crippen molar-refractivity contribution in [2.45, 2.75) is 19.3 Å². The average Bonchev–Trinajstić information content (AvgIpc) is 2.63. The van der Waals surface area contributed by atoms with Gasteiger partial charge in [-0.1, -0.05) is 17.7 Å². The quantitative estimate of drug-likeness (QED) is 0.858. The highest BCUT2D eigenvalue weighted by atomic mass is 35.5. The number of ketones is 1. The van der Waals surface area contributed by atoms with Crippen molar-refractivity contribution < 1.29 is 17.6 Å². The second-order valence-corrected chi connectivity index (χ2v) is 7.57. The third-order valence-corrected chi connectivity index (χ3v) is 5.36. The molecule has 1 heterocycles. The van der Waals surface area contributed by atoms with Gasteiger partial charge in [0.1, 0.15) is 11.6 Å². The van der Waals surface area contributed by atoms with Gasteiger partial charge in [-0.15, -0.1) is 0 Å². The van der Waals surface area contributed by atoms with Gasteiger partial charge in [0, 0.05) is 12.8 Å². The van der Waals surface area contributed by atoms with E-state index in [4.69, 9.17) is 11.6 Å². The number of benzene rings is 1. The van der Waals surface area contributed by atoms with Crippen LogP contribution < -0.4 is 0 Å². The lowest BCUT2D eigenvalue weighted by Gasteiger charge is -2.07. The molecule has 1 aromatic rings. The van der Waals surface area contributed by atoms with Crippen LogP contribution in [0.2, 0.25) is 5.02 Å². The van der Waals surface area contributed by atoms with Crippen LogP contribution in [0.3, 0.4) is 0 Å². The Hall–Kier alpha value is -0.940. The zero-order chi connectivity index (χ0) is 14.0. The molecule has 1 unspecified atom stereocenters. The molecule has 0 aromatic heterocycles. The summed E-state index contributed by atoms with van der Waals surface area (Å²) in [6, 6.07) is 4.18. The van der Waals surface area contributed by atoms with Gasteiger partial charge in [-0.25, -0.2) is 12.8 Å². The van der Waals surface area contributed by atoms with Gasteiger partial charge in [0.25, 0.3) is 0 Å². The number of Topliss-reactive ketones (excluding diaryl/α,β-unsaturated/α-hetero) is 1. The van der Waals surface area contributed by atoms with Gasteiger partial charge < -0.3 is 0 Å². The number of hydrogen-bond acceptors (Lipinski definition) is 3. The molecule has 1 aliphatic rings. The van der Waals surface area contributed by atoms with E-state index in [1.54, 1.807) is 0 Å². The molecule has 1 atom stereocenters. The van der Waals surface area contributed by atoms with Crippen LogP contribution in [0.1, 0.15) is 18.4 Å². The van der Waals surface area contributed by atoms with Crippen LogP contribution >= 0.6 is 11.6 Å². The molecular formula is C13H14ClFO3S. The van der Waals surface area contributed by atoms with E-state index in [9.17, 15) is 17.6 Å². The normalized spacial score (nSPS) is 21.5. The van der Waals surface area contributed by atoms with E-state index in [1.807, 2.05) is 0 Å². The predicted molar refractivity (Wildman–Crippen MR) is 71.5 cm³/mol. The summed E-state index contributed by atoms with van der Waals surface area (Å²) in [6.07, 6.45) is 0.975. The fourth-order valence-electron chi connectivity index (χ4n) is 2.30. The predicted octanol–water partition coefficient (Wildman–Crippen LogP) is 2.42. The second kappa shape index (κ2) is 5.59. The van der Waals surface area contributed by atoms with Crippen LogP contribution in [0.5, 0.6) is 0 Å². The minimum Gasteiger partial charge on any atom is -0.299 e. The minimum absolute atomic E-state index is 0.00579. The number of halogens is 2. The van der Waals surface area contributed by atoms with Crippen LogP contribution in [-0.2, 0) is 21.1 Å². The van der Waals surface area contributed by atoms with Crippen molar-refractivity contribution in [1.82, 2.24) is 0 Å². The van der Waals surface area contributed by atoms with Crippen LogP contribution in [0, 0.1) is 11.7 Å². The van der Waals surface area contributed by atoms with Crippen molar-refractivity contribution in [3.63, 3.8) is 0 Å². The lowest BCUT2D eigenvalue weighted by Crippen LogP contribution is -2.12. The maximum atomic E-state index is 13.0. The smallest absolute Gasteiger partial charge is 0.150 e. The third kappa shape index (κ3) is 4.01. The Labute approximate surface area is 116 Å². The Morgan fingerprint density at radius 1 is 1.42 bits per heavy atom. The molecule has 0 aliphatic carbocycles. The number of sulfone groups is 1. The molecule has 0 spiro atoms. The summed E-state index contributed by atoms with van der Waals surface area (Å²) in [5.41, 5.74) is 0.650. The summed E-state index contributed by atoms with van der Waals surface area (Å²) in [4.78, 5) is 11.8. The molecule has 1 aliphatic heterocycles. The number of hydrogen-bond donors (Lipinski definition) is 0. The molecule has 1 aromatic carbocycles. The third-order valence-electron chi connectivity index (χ3n) is 3.23. The highest BCUT2D eigenvalue weighted by Crippen LogP contribution is 2.23. The van der Waals surface area contributed by atoms with E-state index in [0.29, 0.717) is 12.0 Å². The second-order valence-electron chi connectivity index (χ2n) is 4.94. The SMILES string of the molecule is O=C(Cc1ccc(F)c(Cl)c1)CC1CCS(=O)(=O)C1. The van der Waals surface area contributed by atoms with Crippen molar-refractivity contribution in [3.8, 4) is 0 Å². The summed E-state index contributed by atoms with van der Waals surface area (Å²) >= 11 is 5.64. The van der Waals surface area contributed by atoms with Gasteiger partial charge in [0.2, 0.25) is 0 Å². The van der Waals surface area contributed by atoms with Crippen LogP contribution in [0.25, 0.3) is 0 Å². The highest BCUT2D eigenvalue weighted by Gasteiger charge is 2.29. The van der Waals surface area contributed by atoms with E-state index in [-0.39, 0.29) is 41.1 Å². The van der Waals surface area contributed by atoms with E-state index >= 15 is 0 Å². The highest BCUT2D eigenvalue weighted by molar-refractivity contribution is 7.91. The van der Waals surface area contributed by atoms with Crippen molar-refractivity contribution in [2.75, 3.05) is 11.5 Å². The average molecular weight is 305 g/mol. The molecule has 0 N–H and O–H groups in total. The first-order valence-corrected chi connectivity index (χ1v) is 8.22. The summed E-state index contributed by atoms with van der Waals surface area (Å²) < 4.78 is 35.6. The van der Waals surface area contributed by atoms with Gasteiger partial charge in [0.15, 0.2) is 9.84 Å². The first-order valence-electron chi connectivity index (χ1n) is 6.02. The standard InChI is InChI=1S/C13H14ClFO3S/c14-12-7-9(1-2-13(12)15)5-11(16)6-10-3-4-19(17,18)8-10/h1-2,7,10H,3-6,8H2. The van der Waals surface area contributed by atoms with E-state index in [2.05, 4.69) is 0 Å². The Morgan fingerprint density at radius 2 is 2.16 bits per heavy atom. The number of carbonyl (C=O) groups is 1. The van der Waals surface area contributed by atoms with E-state index < -0.39 is 15.7 Å². The molecule has 3 nitrogen and oxygen atoms in total. The van der Waals surface area contributed by atoms with Gasteiger partial charge in [-0.05, 0) is 30.0 Å². The monoisotopic (exact) mass is 304 g/mol. The minimum atomic E-state index is -2.95. The summed E-state index contributed by atoms with van der Waals surface area (Å²) in [7, 11) is -2.95. The van der Waals surface area contributed by atoms with Gasteiger partial charge in [-0.2, -0.15) is 0 Å². The van der Waals surface area contributed by atoms with Crippen molar-refractivity contribution in [2.24, 2.45) is 5.92 Å². The zero-order valence-corrected chi connectivity index (χ0v) is 11.8. The largest absolute Gasteiger partial charge is 0.299 e. The Morgan fingerprint density at radius 3 is 2.74 bits per heavy atom. The Kier molecular flexibility index (Phi) is 4.26. The van der Waals surface area contributed by atoms with Crippen molar-refractivity contribution in [3.05, 3.63) is 34.6 Å². The molecule has 6 heteroatoms. The van der Waals surface area contributed by atoms with E-state index in [0.717, 1.165) is 0 Å². The van der Waals surface area contributed by atoms with Crippen LogP contribution in [-0.4, -0.2) is 25.7 Å². The molecule has 0 radical (unpaired) electrons. The lowest BCUT2D eigenvalue weighted by atomic mass is 9.98. The summed E-state index contributed by atoms with van der Waals surface area (Å²) in [5, 5.41) is -0.00579. The topological polar surface area (TPSA) is 51.2 Å². The summed E-state index contributed by atoms with van der Waals surface area (Å²) in [6.45, 7) is 0. The maximum absolute atomic E-state index is 13.0. The number of carbonyl (C=O) groups excluding carboxylic acids is 1. The molecule has 0 saturated carbocycles. The molecule has 1 saturated heterocycles. The van der Waals surface area contributed by atoms with Crippen molar-refractivity contribution >= 4 is 27.2 Å². The number of rotatable bonds is 4. The Bertz CT molecular complexity index is 598. The van der Waals surface area contributed by atoms with Crippen LogP contribution in [0.15, 0.2) is 18.2 Å². The van der Waals surface area contributed by atoms with Gasteiger partial charge in [-0.3, -0.25) is 4.79 Å². The first-order chi connectivity index (χ1) is 8.85. The maximum Gasteiger partial charge on any atom is 0.150 e.